The highest BCUT2D eigenvalue weighted by Gasteiger charge is 2.17. The van der Waals surface area contributed by atoms with Gasteiger partial charge in [-0.2, -0.15) is 5.10 Å². The van der Waals surface area contributed by atoms with Crippen LogP contribution in [0.15, 0.2) is 35.5 Å². The van der Waals surface area contributed by atoms with Crippen LogP contribution in [-0.2, 0) is 23.1 Å². The van der Waals surface area contributed by atoms with E-state index in [-0.39, 0.29) is 17.3 Å². The van der Waals surface area contributed by atoms with E-state index in [0.717, 1.165) is 6.42 Å². The van der Waals surface area contributed by atoms with Crippen molar-refractivity contribution in [1.29, 1.82) is 0 Å². The van der Waals surface area contributed by atoms with E-state index in [0.29, 0.717) is 23.4 Å². The highest BCUT2D eigenvalue weighted by atomic mass is 32.2. The average molecular weight is 337 g/mol. The third-order valence-electron chi connectivity index (χ3n) is 3.30. The summed E-state index contributed by atoms with van der Waals surface area (Å²) < 4.78 is 41.6. The van der Waals surface area contributed by atoms with E-state index in [2.05, 4.69) is 19.8 Å². The molecule has 7 nitrogen and oxygen atoms in total. The first-order valence-electron chi connectivity index (χ1n) is 7.14. The third-order valence-corrected chi connectivity index (χ3v) is 4.65. The fourth-order valence-electron chi connectivity index (χ4n) is 2.20. The van der Waals surface area contributed by atoms with Crippen LogP contribution in [0.5, 0.6) is 0 Å². The van der Waals surface area contributed by atoms with Crippen LogP contribution in [0.25, 0.3) is 11.0 Å². The van der Waals surface area contributed by atoms with Gasteiger partial charge in [0.1, 0.15) is 16.5 Å². The number of rotatable bonds is 6. The molecule has 1 aromatic carbocycles. The molecule has 0 radical (unpaired) electrons. The molecular weight excluding hydrogens is 321 g/mol. The second-order valence-electron chi connectivity index (χ2n) is 5.11. The lowest BCUT2D eigenvalue weighted by Crippen LogP contribution is -2.23. The maximum Gasteiger partial charge on any atom is 0.244 e. The lowest BCUT2D eigenvalue weighted by Gasteiger charge is -2.02. The molecule has 2 aromatic heterocycles. The minimum absolute atomic E-state index is 0.0163. The van der Waals surface area contributed by atoms with Gasteiger partial charge in [0.2, 0.25) is 10.0 Å². The van der Waals surface area contributed by atoms with Gasteiger partial charge in [0.15, 0.2) is 0 Å². The Labute approximate surface area is 132 Å². The predicted molar refractivity (Wildman–Crippen MR) is 82.6 cm³/mol. The van der Waals surface area contributed by atoms with Gasteiger partial charge in [0, 0.05) is 12.7 Å². The van der Waals surface area contributed by atoms with Crippen LogP contribution in [0.4, 0.5) is 4.39 Å². The highest BCUT2D eigenvalue weighted by molar-refractivity contribution is 7.89. The molecule has 0 aliphatic carbocycles. The van der Waals surface area contributed by atoms with Crippen molar-refractivity contribution < 1.29 is 12.8 Å². The Morgan fingerprint density at radius 3 is 3.00 bits per heavy atom. The average Bonchev–Trinajstić information content (AvgIpc) is 3.12. The normalized spacial score (nSPS) is 12.1. The van der Waals surface area contributed by atoms with Crippen LogP contribution in [0, 0.1) is 5.82 Å². The van der Waals surface area contributed by atoms with Crippen molar-refractivity contribution in [1.82, 2.24) is 24.5 Å². The number of nitrogens with one attached hydrogen (secondary N) is 2. The minimum atomic E-state index is -3.67. The summed E-state index contributed by atoms with van der Waals surface area (Å²) in [5.41, 5.74) is 1.10. The molecule has 9 heteroatoms. The molecule has 3 aromatic rings. The molecule has 23 heavy (non-hydrogen) atoms. The number of halogens is 1. The second kappa shape index (κ2) is 6.09. The van der Waals surface area contributed by atoms with Crippen LogP contribution >= 0.6 is 0 Å². The standard InChI is InChI=1S/C14H16FN5O2S/c1-2-5-20-9-11(7-16-20)23(21,22)17-8-14-18-12-4-3-10(15)6-13(12)19-14/h3-4,6-7,9,17H,2,5,8H2,1H3,(H,18,19). The zero-order chi connectivity index (χ0) is 16.4. The Morgan fingerprint density at radius 2 is 2.22 bits per heavy atom. The van der Waals surface area contributed by atoms with E-state index in [1.165, 1.54) is 30.6 Å². The van der Waals surface area contributed by atoms with Crippen molar-refractivity contribution in [2.24, 2.45) is 0 Å². The lowest BCUT2D eigenvalue weighted by atomic mass is 10.3. The Balaban J connectivity index is 1.74. The van der Waals surface area contributed by atoms with E-state index < -0.39 is 10.0 Å². The van der Waals surface area contributed by atoms with Gasteiger partial charge in [0.25, 0.3) is 0 Å². The molecule has 0 bridgehead atoms. The molecule has 122 valence electrons. The van der Waals surface area contributed by atoms with E-state index in [1.807, 2.05) is 6.92 Å². The number of aryl methyl sites for hydroxylation is 1. The molecule has 2 N–H and O–H groups in total. The summed E-state index contributed by atoms with van der Waals surface area (Å²) in [6.07, 6.45) is 3.66. The molecule has 0 unspecified atom stereocenters. The summed E-state index contributed by atoms with van der Waals surface area (Å²) in [5, 5.41) is 4.00. The summed E-state index contributed by atoms with van der Waals surface area (Å²) in [6, 6.07) is 4.16. The third kappa shape index (κ3) is 3.40. The topological polar surface area (TPSA) is 92.7 Å². The van der Waals surface area contributed by atoms with Crippen molar-refractivity contribution in [3.8, 4) is 0 Å². The molecule has 2 heterocycles. The number of H-pyrrole nitrogens is 1. The van der Waals surface area contributed by atoms with Crippen LogP contribution in [0.1, 0.15) is 19.2 Å². The molecular formula is C14H16FN5O2S. The molecule has 3 rings (SSSR count). The summed E-state index contributed by atoms with van der Waals surface area (Å²) in [4.78, 5) is 7.21. The Kier molecular flexibility index (Phi) is 4.14. The van der Waals surface area contributed by atoms with E-state index in [4.69, 9.17) is 0 Å². The van der Waals surface area contributed by atoms with Crippen LogP contribution < -0.4 is 4.72 Å². The molecule has 0 fully saturated rings. The summed E-state index contributed by atoms with van der Waals surface area (Å²) >= 11 is 0. The fourth-order valence-corrected chi connectivity index (χ4v) is 3.14. The number of aromatic amines is 1. The molecule has 0 aliphatic heterocycles. The fraction of sp³-hybridized carbons (Fsp3) is 0.286. The van der Waals surface area contributed by atoms with E-state index in [9.17, 15) is 12.8 Å². The van der Waals surface area contributed by atoms with Gasteiger partial charge < -0.3 is 4.98 Å². The zero-order valence-electron chi connectivity index (χ0n) is 12.5. The number of hydrogen-bond acceptors (Lipinski definition) is 4. The lowest BCUT2D eigenvalue weighted by molar-refractivity contribution is 0.577. The van der Waals surface area contributed by atoms with Gasteiger partial charge in [-0.25, -0.2) is 22.5 Å². The number of imidazole rings is 1. The van der Waals surface area contributed by atoms with Gasteiger partial charge in [-0.3, -0.25) is 4.68 Å². The first-order valence-corrected chi connectivity index (χ1v) is 8.62. The van der Waals surface area contributed by atoms with Crippen LogP contribution in [0.3, 0.4) is 0 Å². The number of sulfonamides is 1. The van der Waals surface area contributed by atoms with Crippen molar-refractivity contribution in [3.63, 3.8) is 0 Å². The highest BCUT2D eigenvalue weighted by Crippen LogP contribution is 2.14. The van der Waals surface area contributed by atoms with Crippen molar-refractivity contribution in [2.45, 2.75) is 31.3 Å². The number of benzene rings is 1. The van der Waals surface area contributed by atoms with Gasteiger partial charge in [-0.1, -0.05) is 6.92 Å². The van der Waals surface area contributed by atoms with Crippen molar-refractivity contribution >= 4 is 21.1 Å². The number of fused-ring (bicyclic) bond motifs is 1. The van der Waals surface area contributed by atoms with E-state index >= 15 is 0 Å². The monoisotopic (exact) mass is 337 g/mol. The minimum Gasteiger partial charge on any atom is -0.341 e. The quantitative estimate of drug-likeness (QED) is 0.717. The number of hydrogen-bond donors (Lipinski definition) is 2. The van der Waals surface area contributed by atoms with Crippen molar-refractivity contribution in [2.75, 3.05) is 0 Å². The summed E-state index contributed by atoms with van der Waals surface area (Å²) in [5.74, 6) is 0.0340. The Morgan fingerprint density at radius 1 is 1.39 bits per heavy atom. The maximum absolute atomic E-state index is 13.1. The number of aromatic nitrogens is 4. The zero-order valence-corrected chi connectivity index (χ0v) is 13.3. The first-order chi connectivity index (χ1) is 11.0. The first kappa shape index (κ1) is 15.6. The van der Waals surface area contributed by atoms with Crippen LogP contribution in [0.2, 0.25) is 0 Å². The van der Waals surface area contributed by atoms with E-state index in [1.54, 1.807) is 4.68 Å². The Hall–Kier alpha value is -2.26. The molecule has 0 amide bonds. The Bertz CT molecular complexity index is 932. The van der Waals surface area contributed by atoms with Crippen LogP contribution in [-0.4, -0.2) is 28.2 Å². The smallest absolute Gasteiger partial charge is 0.244 e. The predicted octanol–water partition coefficient (Wildman–Crippen LogP) is 1.79. The maximum atomic E-state index is 13.1. The second-order valence-corrected chi connectivity index (χ2v) is 6.88. The molecule has 0 atom stereocenters. The molecule has 0 spiro atoms. The van der Waals surface area contributed by atoms with Gasteiger partial charge >= 0.3 is 0 Å². The molecule has 0 saturated carbocycles. The van der Waals surface area contributed by atoms with Crippen molar-refractivity contribution in [3.05, 3.63) is 42.2 Å². The van der Waals surface area contributed by atoms with Gasteiger partial charge in [-0.05, 0) is 24.6 Å². The summed E-state index contributed by atoms with van der Waals surface area (Å²) in [6.45, 7) is 2.63. The molecule has 0 saturated heterocycles. The number of nitrogens with zero attached hydrogens (tertiary/aromatic N) is 3. The van der Waals surface area contributed by atoms with Gasteiger partial charge in [0.05, 0.1) is 23.8 Å². The largest absolute Gasteiger partial charge is 0.341 e. The summed E-state index contributed by atoms with van der Waals surface area (Å²) in [7, 11) is -3.67. The molecule has 0 aliphatic rings. The van der Waals surface area contributed by atoms with Gasteiger partial charge in [-0.15, -0.1) is 0 Å². The SMILES string of the molecule is CCCn1cc(S(=O)(=O)NCc2nc3ccc(F)cc3[nH]2)cn1.